The molecule has 2 rings (SSSR count). The Bertz CT molecular complexity index is 145. The van der Waals surface area contributed by atoms with Gasteiger partial charge < -0.3 is 10.6 Å². The molecule has 70 valence electrons. The van der Waals surface area contributed by atoms with E-state index in [0.717, 1.165) is 19.6 Å². The van der Waals surface area contributed by atoms with Crippen LogP contribution in [0.1, 0.15) is 12.8 Å². The molecule has 2 aliphatic heterocycles. The van der Waals surface area contributed by atoms with Gasteiger partial charge in [0.25, 0.3) is 0 Å². The Morgan fingerprint density at radius 1 is 1.08 bits per heavy atom. The number of halogens is 1. The predicted octanol–water partition coefficient (Wildman–Crippen LogP) is 0.543. The van der Waals surface area contributed by atoms with Crippen LogP contribution in [0.3, 0.4) is 0 Å². The van der Waals surface area contributed by atoms with E-state index >= 15 is 0 Å². The van der Waals surface area contributed by atoms with Crippen molar-refractivity contribution in [3.05, 3.63) is 0 Å². The van der Waals surface area contributed by atoms with Crippen LogP contribution in [0.4, 0.5) is 4.39 Å². The summed E-state index contributed by atoms with van der Waals surface area (Å²) in [4.78, 5) is 0. The predicted molar refractivity (Wildman–Crippen MR) is 46.8 cm³/mol. The molecule has 2 aliphatic rings. The van der Waals surface area contributed by atoms with Gasteiger partial charge >= 0.3 is 0 Å². The van der Waals surface area contributed by atoms with Gasteiger partial charge in [0.1, 0.15) is 6.17 Å². The molecule has 0 aromatic heterocycles. The van der Waals surface area contributed by atoms with E-state index in [1.54, 1.807) is 0 Å². The molecular formula is C9H17FN2. The largest absolute Gasteiger partial charge is 0.316 e. The first-order chi connectivity index (χ1) is 5.88. The van der Waals surface area contributed by atoms with Crippen LogP contribution < -0.4 is 10.6 Å². The fourth-order valence-corrected chi connectivity index (χ4v) is 2.37. The molecule has 2 N–H and O–H groups in total. The van der Waals surface area contributed by atoms with Crippen molar-refractivity contribution in [3.8, 4) is 0 Å². The Hall–Kier alpha value is -0.150. The molecule has 12 heavy (non-hydrogen) atoms. The molecule has 2 nitrogen and oxygen atoms in total. The van der Waals surface area contributed by atoms with Crippen LogP contribution >= 0.6 is 0 Å². The third-order valence-corrected chi connectivity index (χ3v) is 3.12. The summed E-state index contributed by atoms with van der Waals surface area (Å²) >= 11 is 0. The van der Waals surface area contributed by atoms with Crippen molar-refractivity contribution in [3.63, 3.8) is 0 Å². The molecule has 0 bridgehead atoms. The molecule has 2 fully saturated rings. The van der Waals surface area contributed by atoms with Gasteiger partial charge in [0.15, 0.2) is 0 Å². The first-order valence-corrected chi connectivity index (χ1v) is 4.93. The number of rotatable bonds is 1. The second kappa shape index (κ2) is 3.71. The topological polar surface area (TPSA) is 24.1 Å². The van der Waals surface area contributed by atoms with Crippen molar-refractivity contribution >= 4 is 0 Å². The summed E-state index contributed by atoms with van der Waals surface area (Å²) in [6.07, 6.45) is 1.82. The zero-order valence-electron chi connectivity index (χ0n) is 7.35. The average Bonchev–Trinajstić information content (AvgIpc) is 2.53. The van der Waals surface area contributed by atoms with Crippen LogP contribution in [0.2, 0.25) is 0 Å². The fourth-order valence-electron chi connectivity index (χ4n) is 2.37. The van der Waals surface area contributed by atoms with Crippen LogP contribution in [0, 0.1) is 11.8 Å². The number of hydrogen-bond donors (Lipinski definition) is 2. The lowest BCUT2D eigenvalue weighted by molar-refractivity contribution is 0.185. The van der Waals surface area contributed by atoms with Gasteiger partial charge in [0.2, 0.25) is 0 Å². The van der Waals surface area contributed by atoms with Crippen molar-refractivity contribution in [1.82, 2.24) is 10.6 Å². The van der Waals surface area contributed by atoms with Gasteiger partial charge in [-0.1, -0.05) is 0 Å². The number of nitrogens with one attached hydrogen (secondary N) is 2. The van der Waals surface area contributed by atoms with Crippen molar-refractivity contribution in [2.45, 2.75) is 19.0 Å². The van der Waals surface area contributed by atoms with Crippen LogP contribution in [0.25, 0.3) is 0 Å². The molecule has 2 saturated heterocycles. The van der Waals surface area contributed by atoms with Gasteiger partial charge in [-0.2, -0.15) is 0 Å². The standard InChI is InChI=1S/C9H17FN2/c10-9-6-12-5-8(9)7-2-1-3-11-4-7/h7-9,11-12H,1-6H2. The molecule has 3 unspecified atom stereocenters. The maximum Gasteiger partial charge on any atom is 0.117 e. The maximum absolute atomic E-state index is 13.3. The van der Waals surface area contributed by atoms with E-state index in [-0.39, 0.29) is 5.92 Å². The number of piperidine rings is 1. The molecule has 0 radical (unpaired) electrons. The van der Waals surface area contributed by atoms with Gasteiger partial charge in [-0.3, -0.25) is 0 Å². The molecule has 3 atom stereocenters. The normalized spacial score (nSPS) is 43.2. The van der Waals surface area contributed by atoms with Crippen LogP contribution in [0.15, 0.2) is 0 Å². The summed E-state index contributed by atoms with van der Waals surface area (Å²) in [7, 11) is 0. The number of hydrogen-bond acceptors (Lipinski definition) is 2. The van der Waals surface area contributed by atoms with Crippen LogP contribution in [-0.4, -0.2) is 32.4 Å². The van der Waals surface area contributed by atoms with Crippen molar-refractivity contribution in [2.24, 2.45) is 11.8 Å². The minimum Gasteiger partial charge on any atom is -0.316 e. The Balaban J connectivity index is 1.89. The van der Waals surface area contributed by atoms with Gasteiger partial charge in [-0.05, 0) is 31.8 Å². The van der Waals surface area contributed by atoms with Crippen LogP contribution in [-0.2, 0) is 0 Å². The zero-order chi connectivity index (χ0) is 8.39. The lowest BCUT2D eigenvalue weighted by atomic mass is 9.85. The average molecular weight is 172 g/mol. The smallest absolute Gasteiger partial charge is 0.117 e. The van der Waals surface area contributed by atoms with E-state index in [0.29, 0.717) is 12.5 Å². The maximum atomic E-state index is 13.3. The highest BCUT2D eigenvalue weighted by atomic mass is 19.1. The first-order valence-electron chi connectivity index (χ1n) is 4.93. The van der Waals surface area contributed by atoms with E-state index in [1.165, 1.54) is 12.8 Å². The molecule has 0 amide bonds. The summed E-state index contributed by atoms with van der Waals surface area (Å²) in [5.74, 6) is 0.849. The van der Waals surface area contributed by atoms with Crippen molar-refractivity contribution in [1.29, 1.82) is 0 Å². The van der Waals surface area contributed by atoms with E-state index in [2.05, 4.69) is 10.6 Å². The summed E-state index contributed by atoms with van der Waals surface area (Å²) in [5, 5.41) is 6.45. The molecule has 3 heteroatoms. The van der Waals surface area contributed by atoms with E-state index in [4.69, 9.17) is 0 Å². The molecule has 0 aromatic rings. The van der Waals surface area contributed by atoms with E-state index in [1.807, 2.05) is 0 Å². The third kappa shape index (κ3) is 1.62. The van der Waals surface area contributed by atoms with Crippen LogP contribution in [0.5, 0.6) is 0 Å². The summed E-state index contributed by atoms with van der Waals surface area (Å²) in [5.41, 5.74) is 0. The molecular weight excluding hydrogens is 155 g/mol. The Morgan fingerprint density at radius 2 is 2.00 bits per heavy atom. The minimum atomic E-state index is -0.602. The SMILES string of the molecule is FC1CNCC1C1CCCNC1. The van der Waals surface area contributed by atoms with Gasteiger partial charge in [0, 0.05) is 19.0 Å². The third-order valence-electron chi connectivity index (χ3n) is 3.12. The minimum absolute atomic E-state index is 0.276. The zero-order valence-corrected chi connectivity index (χ0v) is 7.35. The molecule has 0 saturated carbocycles. The second-order valence-corrected chi connectivity index (χ2v) is 3.94. The quantitative estimate of drug-likeness (QED) is 0.603. The summed E-state index contributed by atoms with van der Waals surface area (Å²) in [6, 6.07) is 0. The number of alkyl halides is 1. The highest BCUT2D eigenvalue weighted by Gasteiger charge is 2.33. The highest BCUT2D eigenvalue weighted by molar-refractivity contribution is 4.88. The van der Waals surface area contributed by atoms with Crippen molar-refractivity contribution in [2.75, 3.05) is 26.2 Å². The lowest BCUT2D eigenvalue weighted by Gasteiger charge is -2.28. The summed E-state index contributed by atoms with van der Waals surface area (Å²) < 4.78 is 13.3. The lowest BCUT2D eigenvalue weighted by Crippen LogP contribution is -2.37. The summed E-state index contributed by atoms with van der Waals surface area (Å²) in [6.45, 7) is 3.59. The monoisotopic (exact) mass is 172 g/mol. The molecule has 2 heterocycles. The second-order valence-electron chi connectivity index (χ2n) is 3.94. The van der Waals surface area contributed by atoms with E-state index in [9.17, 15) is 4.39 Å². The van der Waals surface area contributed by atoms with Crippen molar-refractivity contribution < 1.29 is 4.39 Å². The van der Waals surface area contributed by atoms with Gasteiger partial charge in [-0.25, -0.2) is 4.39 Å². The Kier molecular flexibility index (Phi) is 2.61. The highest BCUT2D eigenvalue weighted by Crippen LogP contribution is 2.26. The Morgan fingerprint density at radius 3 is 2.58 bits per heavy atom. The molecule has 0 aliphatic carbocycles. The first kappa shape index (κ1) is 8.45. The molecule has 0 spiro atoms. The fraction of sp³-hybridized carbons (Fsp3) is 1.00. The van der Waals surface area contributed by atoms with Gasteiger partial charge in [-0.15, -0.1) is 0 Å². The molecule has 0 aromatic carbocycles. The van der Waals surface area contributed by atoms with E-state index < -0.39 is 6.17 Å². The van der Waals surface area contributed by atoms with Gasteiger partial charge in [0.05, 0.1) is 0 Å². The Labute approximate surface area is 72.9 Å².